The van der Waals surface area contributed by atoms with E-state index >= 15 is 0 Å². The number of anilines is 8. The Kier molecular flexibility index (Phi) is 13.0. The molecule has 7 aromatic rings. The van der Waals surface area contributed by atoms with Crippen LogP contribution in [0.5, 0.6) is 0 Å². The Bertz CT molecular complexity index is 2730. The van der Waals surface area contributed by atoms with Gasteiger partial charge in [0.25, 0.3) is 0 Å². The fourth-order valence-electron chi connectivity index (χ4n) is 8.58. The maximum absolute atomic E-state index is 4.21. The second kappa shape index (κ2) is 20.2. The predicted octanol–water partition coefficient (Wildman–Crippen LogP) is 16.4. The van der Waals surface area contributed by atoms with E-state index in [1.807, 2.05) is 18.2 Å². The summed E-state index contributed by atoms with van der Waals surface area (Å²) in [5.74, 6) is 0. The average Bonchev–Trinajstić information content (AvgIpc) is 3.38. The first-order valence-electron chi connectivity index (χ1n) is 22.1. The molecule has 0 fully saturated rings. The fraction of sp³-hybridized carbons (Fsp3) is 0.0667. The van der Waals surface area contributed by atoms with E-state index in [1.54, 1.807) is 0 Å². The van der Waals surface area contributed by atoms with Crippen molar-refractivity contribution in [2.24, 2.45) is 0 Å². The van der Waals surface area contributed by atoms with Crippen molar-refractivity contribution in [1.82, 2.24) is 0 Å². The molecule has 0 amide bonds. The smallest absolute Gasteiger partial charge is 0.0463 e. The van der Waals surface area contributed by atoms with Crippen LogP contribution < -0.4 is 19.6 Å². The summed E-state index contributed by atoms with van der Waals surface area (Å²) < 4.78 is 0. The molecule has 0 bridgehead atoms. The average molecular weight is 829 g/mol. The van der Waals surface area contributed by atoms with Gasteiger partial charge in [-0.15, -0.1) is 0 Å². The van der Waals surface area contributed by atoms with Gasteiger partial charge in [-0.25, -0.2) is 0 Å². The van der Waals surface area contributed by atoms with Gasteiger partial charge in [-0.1, -0.05) is 128 Å². The van der Waals surface area contributed by atoms with Gasteiger partial charge < -0.3 is 19.6 Å². The highest BCUT2D eigenvalue weighted by molar-refractivity contribution is 5.79. The largest absolute Gasteiger partial charge is 0.321 e. The molecular formula is C60H52N4. The zero-order chi connectivity index (χ0) is 43.3. The first kappa shape index (κ1) is 41.3. The van der Waals surface area contributed by atoms with Gasteiger partial charge in [0, 0.05) is 68.8 Å². The minimum atomic E-state index is 0.933. The molecule has 0 radical (unpaired) electrons. The van der Waals surface area contributed by atoms with Crippen molar-refractivity contribution < 1.29 is 0 Å². The van der Waals surface area contributed by atoms with E-state index in [0.717, 1.165) is 76.9 Å². The molecule has 2 aliphatic carbocycles. The van der Waals surface area contributed by atoms with Gasteiger partial charge in [0.15, 0.2) is 0 Å². The monoisotopic (exact) mass is 828 g/mol. The molecule has 0 saturated carbocycles. The van der Waals surface area contributed by atoms with Crippen LogP contribution in [-0.4, -0.2) is 0 Å². The number of benzene rings is 7. The SMILES string of the molecule is C=C/C(=C\C=C\N(C1=CC=C(C2=CC=C(N(c3ccccc3)c3ccc(N(c4ccccc4)c4ccccc4)cc3)CC2)CC1)c1ccccc1)N(c1ccccc1)c1ccccc1. The van der Waals surface area contributed by atoms with Crippen LogP contribution in [0.2, 0.25) is 0 Å². The summed E-state index contributed by atoms with van der Waals surface area (Å²) in [6, 6.07) is 72.4. The topological polar surface area (TPSA) is 13.0 Å². The van der Waals surface area contributed by atoms with Crippen molar-refractivity contribution in [2.45, 2.75) is 25.7 Å². The number of hydrogen-bond donors (Lipinski definition) is 0. The zero-order valence-electron chi connectivity index (χ0n) is 36.1. The van der Waals surface area contributed by atoms with E-state index in [4.69, 9.17) is 0 Å². The molecule has 9 rings (SSSR count). The number of hydrogen-bond acceptors (Lipinski definition) is 4. The van der Waals surface area contributed by atoms with Gasteiger partial charge in [-0.3, -0.25) is 0 Å². The van der Waals surface area contributed by atoms with Gasteiger partial charge in [-0.2, -0.15) is 0 Å². The number of para-hydroxylation sites is 6. The lowest BCUT2D eigenvalue weighted by atomic mass is 9.89. The summed E-state index contributed by atoms with van der Waals surface area (Å²) >= 11 is 0. The Morgan fingerprint density at radius 3 is 1.12 bits per heavy atom. The molecule has 0 atom stereocenters. The van der Waals surface area contributed by atoms with E-state index in [0.29, 0.717) is 0 Å². The molecule has 7 aromatic carbocycles. The van der Waals surface area contributed by atoms with Crippen LogP contribution >= 0.6 is 0 Å². The number of rotatable bonds is 15. The van der Waals surface area contributed by atoms with Gasteiger partial charge in [0.1, 0.15) is 0 Å². The van der Waals surface area contributed by atoms with Gasteiger partial charge in [0.05, 0.1) is 0 Å². The van der Waals surface area contributed by atoms with Crippen LogP contribution in [0.4, 0.5) is 45.5 Å². The molecule has 0 N–H and O–H groups in total. The normalized spacial score (nSPS) is 13.8. The molecule has 2 aliphatic rings. The minimum absolute atomic E-state index is 0.933. The lowest BCUT2D eigenvalue weighted by Gasteiger charge is -2.32. The van der Waals surface area contributed by atoms with Crippen molar-refractivity contribution in [1.29, 1.82) is 0 Å². The molecule has 0 spiro atoms. The Hall–Kier alpha value is -8.08. The second-order valence-electron chi connectivity index (χ2n) is 15.7. The van der Waals surface area contributed by atoms with E-state index in [2.05, 4.69) is 263 Å². The van der Waals surface area contributed by atoms with Crippen molar-refractivity contribution in [3.8, 4) is 0 Å². The van der Waals surface area contributed by atoms with Crippen molar-refractivity contribution in [3.63, 3.8) is 0 Å². The highest BCUT2D eigenvalue weighted by atomic mass is 15.2. The summed E-state index contributed by atoms with van der Waals surface area (Å²) in [6.07, 6.45) is 21.5. The molecule has 0 aromatic heterocycles. The van der Waals surface area contributed by atoms with E-state index in [1.165, 1.54) is 22.5 Å². The standard InChI is InChI=1S/C60H52N4/c1-2-50(62(53-24-11-4-12-25-53)54-26-13-5-14-27-54)34-21-47-61(51-22-9-3-10-23-51)52-39-35-48(36-40-52)49-37-41-58(42-38-49)64(57-32-19-8-20-33-57)60-45-43-59(44-46-60)63(55-28-15-6-16-29-55)56-30-17-7-18-31-56/h2-35,37,39,41,43-47H,1,36,38,40,42H2/b47-21+,50-34+. The molecule has 64 heavy (non-hydrogen) atoms. The van der Waals surface area contributed by atoms with Gasteiger partial charge in [-0.05, 0) is 164 Å². The summed E-state index contributed by atoms with van der Waals surface area (Å²) in [6.45, 7) is 4.21. The van der Waals surface area contributed by atoms with Crippen molar-refractivity contribution in [2.75, 3.05) is 19.6 Å². The van der Waals surface area contributed by atoms with Crippen LogP contribution in [0.3, 0.4) is 0 Å². The Labute approximate surface area is 379 Å². The van der Waals surface area contributed by atoms with Crippen molar-refractivity contribution >= 4 is 45.5 Å². The molecule has 312 valence electrons. The molecule has 4 heteroatoms. The van der Waals surface area contributed by atoms with E-state index in [-0.39, 0.29) is 0 Å². The molecule has 0 unspecified atom stereocenters. The van der Waals surface area contributed by atoms with Gasteiger partial charge >= 0.3 is 0 Å². The lowest BCUT2D eigenvalue weighted by molar-refractivity contribution is 0.826. The summed E-state index contributed by atoms with van der Waals surface area (Å²) in [7, 11) is 0. The lowest BCUT2D eigenvalue weighted by Crippen LogP contribution is -2.19. The summed E-state index contributed by atoms with van der Waals surface area (Å²) in [5, 5.41) is 0. The van der Waals surface area contributed by atoms with Crippen LogP contribution in [0.1, 0.15) is 25.7 Å². The Morgan fingerprint density at radius 2 is 0.719 bits per heavy atom. The van der Waals surface area contributed by atoms with Gasteiger partial charge in [0.2, 0.25) is 0 Å². The Morgan fingerprint density at radius 1 is 0.359 bits per heavy atom. The highest BCUT2D eigenvalue weighted by Gasteiger charge is 2.22. The van der Waals surface area contributed by atoms with Crippen LogP contribution in [0, 0.1) is 0 Å². The molecular weight excluding hydrogens is 777 g/mol. The highest BCUT2D eigenvalue weighted by Crippen LogP contribution is 2.40. The molecule has 4 nitrogen and oxygen atoms in total. The van der Waals surface area contributed by atoms with Crippen LogP contribution in [0.15, 0.2) is 290 Å². The third-order valence-corrected chi connectivity index (χ3v) is 11.7. The first-order valence-corrected chi connectivity index (χ1v) is 22.1. The quantitative estimate of drug-likeness (QED) is 0.0955. The zero-order valence-corrected chi connectivity index (χ0v) is 36.1. The summed E-state index contributed by atoms with van der Waals surface area (Å²) in [5.41, 5.74) is 15.3. The van der Waals surface area contributed by atoms with Crippen LogP contribution in [0.25, 0.3) is 0 Å². The van der Waals surface area contributed by atoms with E-state index < -0.39 is 0 Å². The Balaban J connectivity index is 0.976. The third kappa shape index (κ3) is 9.52. The van der Waals surface area contributed by atoms with E-state index in [9.17, 15) is 0 Å². The summed E-state index contributed by atoms with van der Waals surface area (Å²) in [4.78, 5) is 9.27. The number of nitrogens with zero attached hydrogens (tertiary/aromatic N) is 4. The third-order valence-electron chi connectivity index (χ3n) is 11.7. The molecule has 0 saturated heterocycles. The second-order valence-corrected chi connectivity index (χ2v) is 15.7. The molecule has 0 aliphatic heterocycles. The fourth-order valence-corrected chi connectivity index (χ4v) is 8.58. The maximum atomic E-state index is 4.21. The predicted molar refractivity (Wildman–Crippen MR) is 272 cm³/mol. The minimum Gasteiger partial charge on any atom is -0.321 e. The van der Waals surface area contributed by atoms with Crippen molar-refractivity contribution in [3.05, 3.63) is 290 Å². The van der Waals surface area contributed by atoms with Crippen LogP contribution in [-0.2, 0) is 0 Å². The first-order chi connectivity index (χ1) is 31.7. The number of allylic oxidation sites excluding steroid dienone is 11. The molecule has 0 heterocycles. The maximum Gasteiger partial charge on any atom is 0.0463 e.